The van der Waals surface area contributed by atoms with Gasteiger partial charge in [-0.25, -0.2) is 13.1 Å². The number of thioether (sulfide) groups is 1. The maximum absolute atomic E-state index is 12.4. The Hall–Kier alpha value is -0.600. The van der Waals surface area contributed by atoms with Gasteiger partial charge in [0.2, 0.25) is 10.0 Å². The van der Waals surface area contributed by atoms with Gasteiger partial charge in [0.25, 0.3) is 0 Å². The number of sulfonamides is 1. The van der Waals surface area contributed by atoms with Gasteiger partial charge in [0, 0.05) is 33.8 Å². The van der Waals surface area contributed by atoms with Crippen molar-refractivity contribution in [2.24, 2.45) is 5.73 Å². The van der Waals surface area contributed by atoms with Crippen LogP contribution in [0.1, 0.15) is 4.88 Å². The van der Waals surface area contributed by atoms with Crippen LogP contribution in [0.4, 0.5) is 0 Å². The Morgan fingerprint density at radius 1 is 1.37 bits per heavy atom. The lowest BCUT2D eigenvalue weighted by Gasteiger charge is -2.07. The van der Waals surface area contributed by atoms with Gasteiger partial charge in [-0.1, -0.05) is 18.2 Å². The normalized spacial score (nSPS) is 12.1. The maximum atomic E-state index is 12.4. The van der Waals surface area contributed by atoms with Gasteiger partial charge in [0.15, 0.2) is 0 Å². The SMILES string of the molecule is CSCCNS(=O)(=O)c1c(CN)sc2ccccc12. The molecule has 0 aliphatic carbocycles. The minimum atomic E-state index is -3.49. The van der Waals surface area contributed by atoms with Crippen molar-refractivity contribution in [2.45, 2.75) is 11.4 Å². The highest BCUT2D eigenvalue weighted by Crippen LogP contribution is 2.34. The third kappa shape index (κ3) is 3.11. The van der Waals surface area contributed by atoms with Gasteiger partial charge < -0.3 is 5.73 Å². The molecule has 0 fully saturated rings. The van der Waals surface area contributed by atoms with Gasteiger partial charge in [-0.15, -0.1) is 11.3 Å². The molecule has 0 saturated heterocycles. The zero-order valence-electron chi connectivity index (χ0n) is 10.5. The molecule has 1 aromatic heterocycles. The van der Waals surface area contributed by atoms with Crippen LogP contribution in [0.25, 0.3) is 10.1 Å². The zero-order chi connectivity index (χ0) is 13.9. The molecule has 7 heteroatoms. The summed E-state index contributed by atoms with van der Waals surface area (Å²) in [6.07, 6.45) is 1.94. The molecule has 0 radical (unpaired) electrons. The van der Waals surface area contributed by atoms with Crippen LogP contribution in [0.2, 0.25) is 0 Å². The van der Waals surface area contributed by atoms with Crippen molar-refractivity contribution in [3.8, 4) is 0 Å². The van der Waals surface area contributed by atoms with Crippen LogP contribution < -0.4 is 10.5 Å². The van der Waals surface area contributed by atoms with E-state index < -0.39 is 10.0 Å². The molecule has 0 bridgehead atoms. The fourth-order valence-corrected chi connectivity index (χ4v) is 5.15. The van der Waals surface area contributed by atoms with Crippen molar-refractivity contribution in [1.29, 1.82) is 0 Å². The van der Waals surface area contributed by atoms with E-state index in [1.807, 2.05) is 30.5 Å². The molecule has 0 aliphatic heterocycles. The van der Waals surface area contributed by atoms with Gasteiger partial charge in [-0.3, -0.25) is 0 Å². The summed E-state index contributed by atoms with van der Waals surface area (Å²) in [7, 11) is -3.49. The second kappa shape index (κ2) is 6.23. The molecular formula is C12H16N2O2S3. The Labute approximate surface area is 121 Å². The first-order valence-corrected chi connectivity index (χ1v) is 9.48. The third-order valence-electron chi connectivity index (χ3n) is 2.67. The number of nitrogens with two attached hydrogens (primary N) is 1. The average Bonchev–Trinajstić information content (AvgIpc) is 2.78. The molecule has 19 heavy (non-hydrogen) atoms. The molecule has 0 amide bonds. The van der Waals surface area contributed by atoms with Gasteiger partial charge in [0.1, 0.15) is 4.90 Å². The van der Waals surface area contributed by atoms with Crippen LogP contribution in [0.5, 0.6) is 0 Å². The molecule has 0 spiro atoms. The molecule has 1 heterocycles. The summed E-state index contributed by atoms with van der Waals surface area (Å²) in [4.78, 5) is 1.05. The van der Waals surface area contributed by atoms with Gasteiger partial charge in [-0.05, 0) is 12.3 Å². The molecule has 0 saturated carbocycles. The molecular weight excluding hydrogens is 300 g/mol. The fraction of sp³-hybridized carbons (Fsp3) is 0.333. The molecule has 1 aromatic carbocycles. The summed E-state index contributed by atoms with van der Waals surface area (Å²) >= 11 is 3.04. The molecule has 0 atom stereocenters. The first kappa shape index (κ1) is 14.8. The highest BCUT2D eigenvalue weighted by atomic mass is 32.2. The molecule has 3 N–H and O–H groups in total. The largest absolute Gasteiger partial charge is 0.326 e. The van der Waals surface area contributed by atoms with Gasteiger partial charge >= 0.3 is 0 Å². The predicted molar refractivity (Wildman–Crippen MR) is 83.3 cm³/mol. The topological polar surface area (TPSA) is 72.2 Å². The van der Waals surface area contributed by atoms with Crippen LogP contribution >= 0.6 is 23.1 Å². The van der Waals surface area contributed by atoms with E-state index >= 15 is 0 Å². The van der Waals surface area contributed by atoms with Crippen LogP contribution in [0, 0.1) is 0 Å². The van der Waals surface area contributed by atoms with E-state index in [-0.39, 0.29) is 6.54 Å². The standard InChI is InChI=1S/C12H16N2O2S3/c1-17-7-6-14-19(15,16)12-9-4-2-3-5-10(9)18-11(12)8-13/h2-5,14H,6-8,13H2,1H3. The number of nitrogens with one attached hydrogen (secondary N) is 1. The van der Waals surface area contributed by atoms with E-state index in [1.165, 1.54) is 11.3 Å². The zero-order valence-corrected chi connectivity index (χ0v) is 13.0. The first-order chi connectivity index (χ1) is 9.10. The van der Waals surface area contributed by atoms with E-state index in [4.69, 9.17) is 5.73 Å². The highest BCUT2D eigenvalue weighted by molar-refractivity contribution is 7.98. The Kier molecular flexibility index (Phi) is 4.86. The average molecular weight is 316 g/mol. The van der Waals surface area contributed by atoms with Crippen molar-refractivity contribution in [1.82, 2.24) is 4.72 Å². The lowest BCUT2D eigenvalue weighted by Crippen LogP contribution is -2.26. The lowest BCUT2D eigenvalue weighted by atomic mass is 10.2. The summed E-state index contributed by atoms with van der Waals surface area (Å²) in [6, 6.07) is 7.49. The van der Waals surface area contributed by atoms with Crippen LogP contribution in [-0.2, 0) is 16.6 Å². The molecule has 104 valence electrons. The maximum Gasteiger partial charge on any atom is 0.242 e. The Morgan fingerprint density at radius 2 is 2.11 bits per heavy atom. The predicted octanol–water partition coefficient (Wildman–Crippen LogP) is 2.00. The summed E-state index contributed by atoms with van der Waals surface area (Å²) in [5, 5.41) is 0.754. The quantitative estimate of drug-likeness (QED) is 0.800. The van der Waals surface area contributed by atoms with Crippen LogP contribution in [0.3, 0.4) is 0 Å². The third-order valence-corrected chi connectivity index (χ3v) is 6.19. The van der Waals surface area contributed by atoms with Gasteiger partial charge in [0.05, 0.1) is 0 Å². The van der Waals surface area contributed by atoms with E-state index in [2.05, 4.69) is 4.72 Å². The Morgan fingerprint density at radius 3 is 2.79 bits per heavy atom. The second-order valence-corrected chi connectivity index (χ2v) is 7.77. The van der Waals surface area contributed by atoms with Crippen molar-refractivity contribution >= 4 is 43.2 Å². The summed E-state index contributed by atoms with van der Waals surface area (Å²) in [5.41, 5.74) is 5.68. The Bertz CT molecular complexity index is 665. The molecule has 2 rings (SSSR count). The van der Waals surface area contributed by atoms with Crippen LogP contribution in [0.15, 0.2) is 29.2 Å². The molecule has 4 nitrogen and oxygen atoms in total. The highest BCUT2D eigenvalue weighted by Gasteiger charge is 2.23. The number of fused-ring (bicyclic) bond motifs is 1. The Balaban J connectivity index is 2.48. The minimum absolute atomic E-state index is 0.234. The number of thiophene rings is 1. The number of rotatable bonds is 6. The molecule has 0 unspecified atom stereocenters. The van der Waals surface area contributed by atoms with E-state index in [1.54, 1.807) is 11.8 Å². The van der Waals surface area contributed by atoms with E-state index in [0.29, 0.717) is 16.3 Å². The summed E-state index contributed by atoms with van der Waals surface area (Å²) in [5.74, 6) is 0.749. The smallest absolute Gasteiger partial charge is 0.242 e. The number of benzene rings is 1. The lowest BCUT2D eigenvalue weighted by molar-refractivity contribution is 0.584. The van der Waals surface area contributed by atoms with Crippen molar-refractivity contribution < 1.29 is 8.42 Å². The summed E-state index contributed by atoms with van der Waals surface area (Å²) < 4.78 is 28.4. The van der Waals surface area contributed by atoms with Gasteiger partial charge in [-0.2, -0.15) is 11.8 Å². The van der Waals surface area contributed by atoms with Crippen molar-refractivity contribution in [3.63, 3.8) is 0 Å². The monoisotopic (exact) mass is 316 g/mol. The number of hydrogen-bond donors (Lipinski definition) is 2. The fourth-order valence-electron chi connectivity index (χ4n) is 1.85. The van der Waals surface area contributed by atoms with Crippen molar-refractivity contribution in [2.75, 3.05) is 18.6 Å². The number of hydrogen-bond acceptors (Lipinski definition) is 5. The van der Waals surface area contributed by atoms with E-state index in [0.717, 1.165) is 15.8 Å². The van der Waals surface area contributed by atoms with Crippen molar-refractivity contribution in [3.05, 3.63) is 29.1 Å². The first-order valence-electron chi connectivity index (χ1n) is 5.79. The minimum Gasteiger partial charge on any atom is -0.326 e. The second-order valence-electron chi connectivity index (χ2n) is 3.95. The van der Waals surface area contributed by atoms with E-state index in [9.17, 15) is 8.42 Å². The molecule has 2 aromatic rings. The van der Waals surface area contributed by atoms with Crippen LogP contribution in [-0.4, -0.2) is 27.0 Å². The molecule has 0 aliphatic rings. The summed E-state index contributed by atoms with van der Waals surface area (Å²) in [6.45, 7) is 0.663.